The molecule has 0 unspecified atom stereocenters. The highest BCUT2D eigenvalue weighted by atomic mass is 32.1. The Morgan fingerprint density at radius 2 is 1.89 bits per heavy atom. The normalized spacial score (nSPS) is 14.7. The van der Waals surface area contributed by atoms with Crippen molar-refractivity contribution in [2.75, 3.05) is 31.1 Å². The molecule has 0 spiro atoms. The predicted octanol–water partition coefficient (Wildman–Crippen LogP) is 3.28. The summed E-state index contributed by atoms with van der Waals surface area (Å²) in [5.41, 5.74) is 0.840. The van der Waals surface area contributed by atoms with Crippen LogP contribution in [0.15, 0.2) is 36.7 Å². The van der Waals surface area contributed by atoms with E-state index >= 15 is 0 Å². The Morgan fingerprint density at radius 1 is 1.15 bits per heavy atom. The van der Waals surface area contributed by atoms with Gasteiger partial charge in [0.2, 0.25) is 5.91 Å². The van der Waals surface area contributed by atoms with Crippen LogP contribution >= 0.6 is 11.3 Å². The van der Waals surface area contributed by atoms with E-state index in [1.807, 2.05) is 4.90 Å². The number of halogens is 1. The first-order valence-corrected chi connectivity index (χ1v) is 9.96. The molecule has 0 bridgehead atoms. The van der Waals surface area contributed by atoms with Gasteiger partial charge in [-0.2, -0.15) is 0 Å². The van der Waals surface area contributed by atoms with Crippen molar-refractivity contribution in [1.29, 1.82) is 0 Å². The fourth-order valence-corrected chi connectivity index (χ4v) is 4.31. The van der Waals surface area contributed by atoms with E-state index in [1.165, 1.54) is 17.0 Å². The molecule has 0 aliphatic carbocycles. The number of benzene rings is 1. The van der Waals surface area contributed by atoms with Crippen molar-refractivity contribution >= 4 is 33.3 Å². The number of aryl methyl sites for hydroxylation is 1. The molecule has 7 heteroatoms. The van der Waals surface area contributed by atoms with Crippen molar-refractivity contribution in [2.24, 2.45) is 0 Å². The first kappa shape index (κ1) is 17.9. The maximum absolute atomic E-state index is 13.0. The van der Waals surface area contributed by atoms with Crippen molar-refractivity contribution < 1.29 is 9.18 Å². The molecule has 3 aromatic rings. The average Bonchev–Trinajstić information content (AvgIpc) is 3.13. The van der Waals surface area contributed by atoms with Gasteiger partial charge in [-0.3, -0.25) is 4.79 Å². The monoisotopic (exact) mass is 384 g/mol. The van der Waals surface area contributed by atoms with Crippen LogP contribution in [0.1, 0.15) is 17.4 Å². The lowest BCUT2D eigenvalue weighted by Crippen LogP contribution is -2.49. The molecule has 4 rings (SSSR count). The van der Waals surface area contributed by atoms with Crippen molar-refractivity contribution in [1.82, 2.24) is 14.9 Å². The Balaban J connectivity index is 1.42. The summed E-state index contributed by atoms with van der Waals surface area (Å²) in [6.07, 6.45) is 2.92. The molecule has 0 N–H and O–H groups in total. The summed E-state index contributed by atoms with van der Waals surface area (Å²) in [6, 6.07) is 8.31. The second kappa shape index (κ2) is 7.60. The molecule has 3 heterocycles. The fraction of sp³-hybridized carbons (Fsp3) is 0.350. The summed E-state index contributed by atoms with van der Waals surface area (Å²) in [6.45, 7) is 4.97. The highest BCUT2D eigenvalue weighted by Crippen LogP contribution is 2.31. The van der Waals surface area contributed by atoms with Crippen LogP contribution in [0, 0.1) is 5.82 Å². The number of amides is 1. The van der Waals surface area contributed by atoms with Crippen LogP contribution in [0.2, 0.25) is 0 Å². The fourth-order valence-electron chi connectivity index (χ4n) is 3.38. The van der Waals surface area contributed by atoms with Gasteiger partial charge in [0.15, 0.2) is 0 Å². The number of carbonyl (C=O) groups excluding carboxylic acids is 1. The van der Waals surface area contributed by atoms with Gasteiger partial charge in [0.25, 0.3) is 0 Å². The number of nitrogens with zero attached hydrogens (tertiary/aromatic N) is 4. The molecule has 0 radical (unpaired) electrons. The lowest BCUT2D eigenvalue weighted by atomic mass is 10.1. The number of hydrogen-bond acceptors (Lipinski definition) is 5. The highest BCUT2D eigenvalue weighted by molar-refractivity contribution is 7.18. The number of piperazine rings is 1. The van der Waals surface area contributed by atoms with E-state index in [0.717, 1.165) is 41.1 Å². The molecule has 2 aromatic heterocycles. The van der Waals surface area contributed by atoms with Gasteiger partial charge < -0.3 is 9.80 Å². The Bertz CT molecular complexity index is 948. The maximum atomic E-state index is 13.0. The zero-order valence-corrected chi connectivity index (χ0v) is 16.0. The molecular weight excluding hydrogens is 363 g/mol. The van der Waals surface area contributed by atoms with Crippen LogP contribution in [0.5, 0.6) is 0 Å². The third kappa shape index (κ3) is 3.78. The van der Waals surface area contributed by atoms with Crippen LogP contribution in [0.3, 0.4) is 0 Å². The summed E-state index contributed by atoms with van der Waals surface area (Å²) < 4.78 is 13.0. The lowest BCUT2D eigenvalue weighted by molar-refractivity contribution is -0.130. The van der Waals surface area contributed by atoms with Gasteiger partial charge in [-0.05, 0) is 30.2 Å². The average molecular weight is 384 g/mol. The predicted molar refractivity (Wildman–Crippen MR) is 106 cm³/mol. The first-order chi connectivity index (χ1) is 13.1. The number of rotatable bonds is 4. The second-order valence-electron chi connectivity index (χ2n) is 6.65. The summed E-state index contributed by atoms with van der Waals surface area (Å²) >= 11 is 1.71. The molecular formula is C20H21FN4OS. The van der Waals surface area contributed by atoms with Gasteiger partial charge in [0.1, 0.15) is 22.8 Å². The minimum atomic E-state index is -0.282. The Morgan fingerprint density at radius 3 is 2.59 bits per heavy atom. The van der Waals surface area contributed by atoms with Crippen LogP contribution in [-0.2, 0) is 17.6 Å². The van der Waals surface area contributed by atoms with E-state index < -0.39 is 0 Å². The lowest BCUT2D eigenvalue weighted by Gasteiger charge is -2.35. The van der Waals surface area contributed by atoms with Crippen molar-refractivity contribution in [3.63, 3.8) is 0 Å². The first-order valence-electron chi connectivity index (χ1n) is 9.14. The molecule has 0 atom stereocenters. The van der Waals surface area contributed by atoms with E-state index in [4.69, 9.17) is 0 Å². The molecule has 1 aliphatic heterocycles. The van der Waals surface area contributed by atoms with Crippen molar-refractivity contribution in [2.45, 2.75) is 19.8 Å². The summed E-state index contributed by atoms with van der Waals surface area (Å²) in [4.78, 5) is 27.9. The van der Waals surface area contributed by atoms with Gasteiger partial charge >= 0.3 is 0 Å². The topological polar surface area (TPSA) is 49.3 Å². The smallest absolute Gasteiger partial charge is 0.227 e. The quantitative estimate of drug-likeness (QED) is 0.693. The largest absolute Gasteiger partial charge is 0.352 e. The number of anilines is 1. The Kier molecular flexibility index (Phi) is 5.03. The molecule has 27 heavy (non-hydrogen) atoms. The van der Waals surface area contributed by atoms with Gasteiger partial charge in [0.05, 0.1) is 11.8 Å². The highest BCUT2D eigenvalue weighted by Gasteiger charge is 2.23. The number of hydrogen-bond donors (Lipinski definition) is 0. The molecule has 1 amide bonds. The van der Waals surface area contributed by atoms with E-state index in [1.54, 1.807) is 29.8 Å². The Hall–Kier alpha value is -2.54. The number of fused-ring (bicyclic) bond motifs is 1. The van der Waals surface area contributed by atoms with Crippen LogP contribution in [-0.4, -0.2) is 47.0 Å². The number of thiophene rings is 1. The van der Waals surface area contributed by atoms with E-state index in [0.29, 0.717) is 19.5 Å². The number of carbonyl (C=O) groups is 1. The molecule has 5 nitrogen and oxygen atoms in total. The minimum Gasteiger partial charge on any atom is -0.352 e. The maximum Gasteiger partial charge on any atom is 0.227 e. The van der Waals surface area contributed by atoms with Gasteiger partial charge in [0, 0.05) is 31.1 Å². The molecule has 1 aliphatic rings. The van der Waals surface area contributed by atoms with Crippen LogP contribution in [0.4, 0.5) is 10.2 Å². The summed E-state index contributed by atoms with van der Waals surface area (Å²) in [5, 5.41) is 1.10. The van der Waals surface area contributed by atoms with E-state index in [-0.39, 0.29) is 11.7 Å². The minimum absolute atomic E-state index is 0.0814. The molecule has 1 fully saturated rings. The van der Waals surface area contributed by atoms with Crippen LogP contribution in [0.25, 0.3) is 10.2 Å². The van der Waals surface area contributed by atoms with Crippen LogP contribution < -0.4 is 4.90 Å². The van der Waals surface area contributed by atoms with Gasteiger partial charge in [-0.15, -0.1) is 11.3 Å². The zero-order valence-electron chi connectivity index (χ0n) is 15.2. The van der Waals surface area contributed by atoms with Gasteiger partial charge in [-0.25, -0.2) is 14.4 Å². The molecule has 140 valence electrons. The van der Waals surface area contributed by atoms with E-state index in [2.05, 4.69) is 27.9 Å². The zero-order chi connectivity index (χ0) is 18.8. The number of aromatic nitrogens is 2. The third-order valence-corrected chi connectivity index (χ3v) is 6.10. The SMILES string of the molecule is CCc1cc2c(N3CCN(C(=O)Cc4ccc(F)cc4)CC3)ncnc2s1. The third-order valence-electron chi connectivity index (χ3n) is 4.91. The second-order valence-corrected chi connectivity index (χ2v) is 7.77. The van der Waals surface area contributed by atoms with Crippen molar-refractivity contribution in [3.8, 4) is 0 Å². The molecule has 1 saturated heterocycles. The standard InChI is InChI=1S/C20H21FN4OS/c1-2-16-12-17-19(22-13-23-20(17)27-16)25-9-7-24(8-10-25)18(26)11-14-3-5-15(21)6-4-14/h3-6,12-13H,2,7-11H2,1H3. The molecule has 1 aromatic carbocycles. The molecule has 0 saturated carbocycles. The van der Waals surface area contributed by atoms with E-state index in [9.17, 15) is 9.18 Å². The van der Waals surface area contributed by atoms with Gasteiger partial charge in [-0.1, -0.05) is 19.1 Å². The Labute approximate surface area is 161 Å². The summed E-state index contributed by atoms with van der Waals surface area (Å²) in [5.74, 6) is 0.759. The van der Waals surface area contributed by atoms with Crippen molar-refractivity contribution in [3.05, 3.63) is 52.9 Å². The summed E-state index contributed by atoms with van der Waals surface area (Å²) in [7, 11) is 0.